The number of para-hydroxylation sites is 1. The molecule has 21 heavy (non-hydrogen) atoms. The zero-order valence-corrected chi connectivity index (χ0v) is 12.5. The SMILES string of the molecule is CCC1CNCc2ncc(C(=O)Nc3ccccc3Cl)n21. The van der Waals surface area contributed by atoms with Crippen molar-refractivity contribution in [2.24, 2.45) is 0 Å². The molecule has 3 rings (SSSR count). The van der Waals surface area contributed by atoms with Gasteiger partial charge in [0.15, 0.2) is 0 Å². The monoisotopic (exact) mass is 304 g/mol. The van der Waals surface area contributed by atoms with E-state index >= 15 is 0 Å². The van der Waals surface area contributed by atoms with E-state index < -0.39 is 0 Å². The quantitative estimate of drug-likeness (QED) is 0.916. The third-order valence-corrected chi connectivity index (χ3v) is 4.06. The molecule has 1 amide bonds. The number of rotatable bonds is 3. The summed E-state index contributed by atoms with van der Waals surface area (Å²) in [6.45, 7) is 3.65. The van der Waals surface area contributed by atoms with Crippen LogP contribution in [-0.2, 0) is 6.54 Å². The molecular weight excluding hydrogens is 288 g/mol. The fourth-order valence-electron chi connectivity index (χ4n) is 2.62. The molecule has 2 aromatic rings. The average Bonchev–Trinajstić information content (AvgIpc) is 2.93. The molecule has 1 aromatic heterocycles. The van der Waals surface area contributed by atoms with Gasteiger partial charge in [0.25, 0.3) is 5.91 Å². The summed E-state index contributed by atoms with van der Waals surface area (Å²) in [7, 11) is 0. The number of aromatic nitrogens is 2. The molecule has 0 bridgehead atoms. The molecule has 0 spiro atoms. The molecule has 0 radical (unpaired) electrons. The van der Waals surface area contributed by atoms with E-state index in [0.29, 0.717) is 22.9 Å². The van der Waals surface area contributed by atoms with Gasteiger partial charge in [-0.3, -0.25) is 4.79 Å². The Morgan fingerprint density at radius 1 is 1.52 bits per heavy atom. The van der Waals surface area contributed by atoms with Crippen LogP contribution in [0.25, 0.3) is 0 Å². The number of nitrogens with zero attached hydrogens (tertiary/aromatic N) is 2. The maximum absolute atomic E-state index is 12.5. The zero-order chi connectivity index (χ0) is 14.8. The number of benzene rings is 1. The highest BCUT2D eigenvalue weighted by molar-refractivity contribution is 6.33. The van der Waals surface area contributed by atoms with E-state index in [2.05, 4.69) is 22.5 Å². The van der Waals surface area contributed by atoms with E-state index in [-0.39, 0.29) is 11.9 Å². The third kappa shape index (κ3) is 2.66. The maximum atomic E-state index is 12.5. The molecule has 2 N–H and O–H groups in total. The van der Waals surface area contributed by atoms with Crippen molar-refractivity contribution in [1.82, 2.24) is 14.9 Å². The molecule has 0 saturated carbocycles. The smallest absolute Gasteiger partial charge is 0.273 e. The van der Waals surface area contributed by atoms with Crippen molar-refractivity contribution in [3.8, 4) is 0 Å². The third-order valence-electron chi connectivity index (χ3n) is 3.73. The van der Waals surface area contributed by atoms with Crippen LogP contribution in [0.15, 0.2) is 30.5 Å². The Bertz CT molecular complexity index is 667. The summed E-state index contributed by atoms with van der Waals surface area (Å²) in [4.78, 5) is 16.9. The molecule has 1 aromatic carbocycles. The summed E-state index contributed by atoms with van der Waals surface area (Å²) in [5.41, 5.74) is 1.19. The summed E-state index contributed by atoms with van der Waals surface area (Å²) in [5.74, 6) is 0.722. The Labute approximate surface area is 128 Å². The molecule has 1 aliphatic heterocycles. The predicted octanol–water partition coefficient (Wildman–Crippen LogP) is 2.84. The second-order valence-electron chi connectivity index (χ2n) is 5.06. The number of amides is 1. The Balaban J connectivity index is 1.89. The van der Waals surface area contributed by atoms with Crippen LogP contribution in [0.1, 0.15) is 35.7 Å². The van der Waals surface area contributed by atoms with Crippen molar-refractivity contribution in [3.63, 3.8) is 0 Å². The number of carbonyl (C=O) groups excluding carboxylic acids is 1. The Morgan fingerprint density at radius 2 is 2.33 bits per heavy atom. The lowest BCUT2D eigenvalue weighted by molar-refractivity contribution is 0.101. The first-order chi connectivity index (χ1) is 10.2. The van der Waals surface area contributed by atoms with Crippen LogP contribution in [0.2, 0.25) is 5.02 Å². The highest BCUT2D eigenvalue weighted by atomic mass is 35.5. The van der Waals surface area contributed by atoms with Crippen LogP contribution < -0.4 is 10.6 Å². The highest BCUT2D eigenvalue weighted by Crippen LogP contribution is 2.24. The number of carbonyl (C=O) groups is 1. The Morgan fingerprint density at radius 3 is 3.10 bits per heavy atom. The van der Waals surface area contributed by atoms with Crippen LogP contribution in [-0.4, -0.2) is 22.0 Å². The largest absolute Gasteiger partial charge is 0.319 e. The van der Waals surface area contributed by atoms with Gasteiger partial charge in [0.05, 0.1) is 23.5 Å². The zero-order valence-electron chi connectivity index (χ0n) is 11.8. The van der Waals surface area contributed by atoms with Crippen LogP contribution in [0.3, 0.4) is 0 Å². The van der Waals surface area contributed by atoms with Crippen molar-refractivity contribution in [2.45, 2.75) is 25.9 Å². The minimum atomic E-state index is -0.179. The van der Waals surface area contributed by atoms with E-state index in [9.17, 15) is 4.79 Å². The molecule has 0 saturated heterocycles. The van der Waals surface area contributed by atoms with Crippen molar-refractivity contribution in [2.75, 3.05) is 11.9 Å². The lowest BCUT2D eigenvalue weighted by atomic mass is 10.1. The fraction of sp³-hybridized carbons (Fsp3) is 0.333. The molecule has 0 aliphatic carbocycles. The van der Waals surface area contributed by atoms with Crippen LogP contribution in [0.4, 0.5) is 5.69 Å². The van der Waals surface area contributed by atoms with Gasteiger partial charge in [-0.2, -0.15) is 0 Å². The molecule has 1 unspecified atom stereocenters. The van der Waals surface area contributed by atoms with Gasteiger partial charge in [-0.25, -0.2) is 4.98 Å². The second-order valence-corrected chi connectivity index (χ2v) is 5.46. The lowest BCUT2D eigenvalue weighted by Gasteiger charge is -2.26. The average molecular weight is 305 g/mol. The summed E-state index contributed by atoms with van der Waals surface area (Å²) < 4.78 is 2.03. The van der Waals surface area contributed by atoms with Gasteiger partial charge in [-0.05, 0) is 18.6 Å². The standard InChI is InChI=1S/C15H17ClN4O/c1-2-10-7-17-9-14-18-8-13(20(10)14)15(21)19-12-6-4-3-5-11(12)16/h3-6,8,10,17H,2,7,9H2,1H3,(H,19,21). The number of fused-ring (bicyclic) bond motifs is 1. The van der Waals surface area contributed by atoms with Gasteiger partial charge in [-0.15, -0.1) is 0 Å². The first-order valence-electron chi connectivity index (χ1n) is 7.03. The van der Waals surface area contributed by atoms with E-state index in [0.717, 1.165) is 18.8 Å². The highest BCUT2D eigenvalue weighted by Gasteiger charge is 2.25. The van der Waals surface area contributed by atoms with Gasteiger partial charge in [-0.1, -0.05) is 30.7 Å². The van der Waals surface area contributed by atoms with E-state index in [4.69, 9.17) is 11.6 Å². The topological polar surface area (TPSA) is 59.0 Å². The first kappa shape index (κ1) is 14.1. The molecule has 5 nitrogen and oxygen atoms in total. The molecule has 0 fully saturated rings. The van der Waals surface area contributed by atoms with Crippen LogP contribution >= 0.6 is 11.6 Å². The van der Waals surface area contributed by atoms with Crippen molar-refractivity contribution in [1.29, 1.82) is 0 Å². The van der Waals surface area contributed by atoms with Gasteiger partial charge >= 0.3 is 0 Å². The molecule has 6 heteroatoms. The number of anilines is 1. The van der Waals surface area contributed by atoms with Gasteiger partial charge in [0.2, 0.25) is 0 Å². The number of hydrogen-bond acceptors (Lipinski definition) is 3. The predicted molar refractivity (Wildman–Crippen MR) is 82.7 cm³/mol. The number of imidazole rings is 1. The van der Waals surface area contributed by atoms with Crippen molar-refractivity contribution < 1.29 is 4.79 Å². The number of halogens is 1. The van der Waals surface area contributed by atoms with Gasteiger partial charge in [0.1, 0.15) is 11.5 Å². The number of nitrogens with one attached hydrogen (secondary N) is 2. The Hall–Kier alpha value is -1.85. The molecule has 2 heterocycles. The first-order valence-corrected chi connectivity index (χ1v) is 7.41. The van der Waals surface area contributed by atoms with E-state index in [1.807, 2.05) is 16.7 Å². The molecule has 1 aliphatic rings. The lowest BCUT2D eigenvalue weighted by Crippen LogP contribution is -2.35. The van der Waals surface area contributed by atoms with Crippen molar-refractivity contribution >= 4 is 23.2 Å². The molecular formula is C15H17ClN4O. The van der Waals surface area contributed by atoms with Gasteiger partial charge in [0, 0.05) is 12.6 Å². The summed E-state index contributed by atoms with van der Waals surface area (Å²) >= 11 is 6.08. The van der Waals surface area contributed by atoms with Gasteiger partial charge < -0.3 is 15.2 Å². The van der Waals surface area contributed by atoms with Crippen LogP contribution in [0, 0.1) is 0 Å². The van der Waals surface area contributed by atoms with E-state index in [1.54, 1.807) is 18.3 Å². The summed E-state index contributed by atoms with van der Waals surface area (Å²) in [6, 6.07) is 7.46. The van der Waals surface area contributed by atoms with E-state index in [1.165, 1.54) is 0 Å². The minimum absolute atomic E-state index is 0.179. The normalized spacial score (nSPS) is 17.3. The second kappa shape index (κ2) is 5.87. The fourth-order valence-corrected chi connectivity index (χ4v) is 2.81. The van der Waals surface area contributed by atoms with Crippen LogP contribution in [0.5, 0.6) is 0 Å². The summed E-state index contributed by atoms with van der Waals surface area (Å²) in [5, 5.41) is 6.70. The maximum Gasteiger partial charge on any atom is 0.273 e. The summed E-state index contributed by atoms with van der Waals surface area (Å²) in [6.07, 6.45) is 2.58. The molecule has 1 atom stereocenters. The minimum Gasteiger partial charge on any atom is -0.319 e. The number of hydrogen-bond donors (Lipinski definition) is 2. The Kier molecular flexibility index (Phi) is 3.94. The molecule has 110 valence electrons. The van der Waals surface area contributed by atoms with Crippen molar-refractivity contribution in [3.05, 3.63) is 47.0 Å².